The topological polar surface area (TPSA) is 103 Å². The molecule has 2 N–H and O–H groups in total. The molecule has 1 saturated carbocycles. The fourth-order valence-electron chi connectivity index (χ4n) is 6.35. The molecule has 2 fully saturated rings. The van der Waals surface area contributed by atoms with Crippen molar-refractivity contribution in [1.82, 2.24) is 20.2 Å². The number of amides is 1. The number of H-pyrrole nitrogens is 1. The van der Waals surface area contributed by atoms with Crippen LogP contribution in [0.2, 0.25) is 0 Å². The number of rotatable bonds is 5. The fraction of sp³-hybridized carbons (Fsp3) is 0.400. The molecule has 1 saturated heterocycles. The van der Waals surface area contributed by atoms with Gasteiger partial charge in [0.15, 0.2) is 11.6 Å². The van der Waals surface area contributed by atoms with Crippen molar-refractivity contribution >= 4 is 51.3 Å². The van der Waals surface area contributed by atoms with Gasteiger partial charge in [0.2, 0.25) is 5.95 Å². The monoisotopic (exact) mass is 556 g/mol. The van der Waals surface area contributed by atoms with Crippen LogP contribution in [0.1, 0.15) is 39.0 Å². The van der Waals surface area contributed by atoms with Gasteiger partial charge >= 0.3 is 0 Å². The zero-order chi connectivity index (χ0) is 27.9. The second-order valence-electron chi connectivity index (χ2n) is 11.0. The Kier molecular flexibility index (Phi) is 6.66. The van der Waals surface area contributed by atoms with Gasteiger partial charge in [-0.25, -0.2) is 9.37 Å². The Morgan fingerprint density at radius 3 is 2.56 bits per heavy atom. The first kappa shape index (κ1) is 25.7. The second-order valence-corrected chi connectivity index (χ2v) is 11.0. The summed E-state index contributed by atoms with van der Waals surface area (Å²) >= 11 is 0. The van der Waals surface area contributed by atoms with Gasteiger partial charge in [-0.2, -0.15) is 10.1 Å². The number of hydrogen-bond acceptors (Lipinski definition) is 8. The Balaban J connectivity index is 1.26. The minimum Gasteiger partial charge on any atom is -0.378 e. The van der Waals surface area contributed by atoms with Gasteiger partial charge in [0.25, 0.3) is 5.91 Å². The van der Waals surface area contributed by atoms with E-state index in [0.29, 0.717) is 47.3 Å². The van der Waals surface area contributed by atoms with E-state index >= 15 is 0 Å². The molecule has 2 aromatic heterocycles. The van der Waals surface area contributed by atoms with Crippen molar-refractivity contribution < 1.29 is 13.9 Å². The normalized spacial score (nSPS) is 20.0. The predicted molar refractivity (Wildman–Crippen MR) is 157 cm³/mol. The molecule has 11 heteroatoms. The molecule has 4 aromatic rings. The lowest BCUT2D eigenvalue weighted by Gasteiger charge is -2.45. The molecule has 2 aromatic carbocycles. The molecule has 0 spiro atoms. The summed E-state index contributed by atoms with van der Waals surface area (Å²) in [6.07, 6.45) is 8.78. The van der Waals surface area contributed by atoms with Gasteiger partial charge < -0.3 is 19.9 Å². The van der Waals surface area contributed by atoms with Crippen LogP contribution in [0.15, 0.2) is 48.8 Å². The molecule has 0 radical (unpaired) electrons. The number of carbonyl (C=O) groups excluding carboxylic acids is 1. The minimum absolute atomic E-state index is 0.000939. The van der Waals surface area contributed by atoms with E-state index in [1.807, 2.05) is 19.1 Å². The van der Waals surface area contributed by atoms with Gasteiger partial charge in [0.1, 0.15) is 17.2 Å². The van der Waals surface area contributed by atoms with E-state index in [2.05, 4.69) is 42.4 Å². The maximum Gasteiger partial charge on any atom is 0.254 e. The van der Waals surface area contributed by atoms with E-state index in [-0.39, 0.29) is 11.9 Å². The third-order valence-electron chi connectivity index (χ3n) is 8.44. The van der Waals surface area contributed by atoms with Crippen molar-refractivity contribution in [3.63, 3.8) is 0 Å². The highest BCUT2D eigenvalue weighted by molar-refractivity contribution is 6.10. The second kappa shape index (κ2) is 10.6. The van der Waals surface area contributed by atoms with Crippen LogP contribution in [0.5, 0.6) is 0 Å². The van der Waals surface area contributed by atoms with Crippen molar-refractivity contribution in [2.45, 2.75) is 51.1 Å². The first-order chi connectivity index (χ1) is 20.1. The number of hydrogen-bond donors (Lipinski definition) is 2. The summed E-state index contributed by atoms with van der Waals surface area (Å²) in [4.78, 5) is 29.7. The molecule has 4 heterocycles. The highest BCUT2D eigenvalue weighted by atomic mass is 19.1. The molecule has 0 bridgehead atoms. The molecule has 1 amide bonds. The van der Waals surface area contributed by atoms with Gasteiger partial charge in [0, 0.05) is 41.6 Å². The van der Waals surface area contributed by atoms with E-state index in [1.165, 1.54) is 12.5 Å². The van der Waals surface area contributed by atoms with Gasteiger partial charge in [-0.3, -0.25) is 14.8 Å². The highest BCUT2D eigenvalue weighted by Gasteiger charge is 2.41. The zero-order valence-electron chi connectivity index (χ0n) is 23.0. The van der Waals surface area contributed by atoms with Crippen molar-refractivity contribution in [3.05, 3.63) is 54.6 Å². The highest BCUT2D eigenvalue weighted by Crippen LogP contribution is 2.43. The third-order valence-corrected chi connectivity index (χ3v) is 8.44. The number of morpholine rings is 1. The number of halogens is 1. The minimum atomic E-state index is -0.407. The number of nitrogens with zero attached hydrogens (tertiary/aromatic N) is 6. The fourth-order valence-corrected chi connectivity index (χ4v) is 6.35. The molecule has 1 atom stereocenters. The molecule has 212 valence electrons. The lowest BCUT2D eigenvalue weighted by atomic mass is 9.92. The van der Waals surface area contributed by atoms with Crippen molar-refractivity contribution in [2.24, 2.45) is 0 Å². The zero-order valence-corrected chi connectivity index (χ0v) is 23.0. The molecule has 41 heavy (non-hydrogen) atoms. The molecular weight excluding hydrogens is 523 g/mol. The third kappa shape index (κ3) is 4.73. The summed E-state index contributed by atoms with van der Waals surface area (Å²) in [5.74, 6) is 0.647. The molecule has 3 aliphatic rings. The van der Waals surface area contributed by atoms with E-state index in [0.717, 1.165) is 50.1 Å². The molecular formula is C30H33FN8O2. The largest absolute Gasteiger partial charge is 0.378 e. The van der Waals surface area contributed by atoms with Crippen LogP contribution in [0.3, 0.4) is 0 Å². The quantitative estimate of drug-likeness (QED) is 0.343. The number of aromatic amines is 1. The van der Waals surface area contributed by atoms with Crippen molar-refractivity contribution in [3.8, 4) is 0 Å². The molecule has 10 nitrogen and oxygen atoms in total. The Morgan fingerprint density at radius 2 is 1.78 bits per heavy atom. The maximum atomic E-state index is 14.6. The Bertz CT molecular complexity index is 1560. The Hall–Kier alpha value is -4.25. The number of benzene rings is 2. The Labute approximate surface area is 237 Å². The standard InChI is InChI=1S/C30H33FN8O2/c1-19-29(40)39(24-9-7-22(8-10-24)37-11-13-41-14-12-37)26-18-32-30(35-28(26)38(19)23-5-3-2-4-6-23)34-21-15-20-17-33-36-27(20)25(31)16-21/h7-10,15-19,23H,2-6,11-14H2,1H3,(H,33,36)(H,32,34,35)/t19-/m1/s1. The Morgan fingerprint density at radius 1 is 1.02 bits per heavy atom. The van der Waals surface area contributed by atoms with Gasteiger partial charge in [-0.1, -0.05) is 19.3 Å². The first-order valence-corrected chi connectivity index (χ1v) is 14.4. The maximum absolute atomic E-state index is 14.6. The average molecular weight is 557 g/mol. The van der Waals surface area contributed by atoms with Crippen LogP contribution in [-0.2, 0) is 9.53 Å². The number of fused-ring (bicyclic) bond motifs is 2. The van der Waals surface area contributed by atoms with E-state index < -0.39 is 11.9 Å². The van der Waals surface area contributed by atoms with Crippen molar-refractivity contribution in [1.29, 1.82) is 0 Å². The molecule has 7 rings (SSSR count). The number of aromatic nitrogens is 4. The van der Waals surface area contributed by atoms with Crippen LogP contribution in [0.4, 0.5) is 38.9 Å². The van der Waals surface area contributed by atoms with Gasteiger partial charge in [-0.15, -0.1) is 0 Å². The lowest BCUT2D eigenvalue weighted by molar-refractivity contribution is -0.119. The van der Waals surface area contributed by atoms with E-state index in [1.54, 1.807) is 23.4 Å². The smallest absolute Gasteiger partial charge is 0.254 e. The predicted octanol–water partition coefficient (Wildman–Crippen LogP) is 5.28. The summed E-state index contributed by atoms with van der Waals surface area (Å²) in [6, 6.07) is 11.1. The van der Waals surface area contributed by atoms with Crippen LogP contribution < -0.4 is 20.0 Å². The van der Waals surface area contributed by atoms with Crippen LogP contribution in [0.25, 0.3) is 10.9 Å². The summed E-state index contributed by atoms with van der Waals surface area (Å²) in [5.41, 5.74) is 3.42. The summed E-state index contributed by atoms with van der Waals surface area (Å²) in [6.45, 7) is 5.08. The van der Waals surface area contributed by atoms with Gasteiger partial charge in [0.05, 0.1) is 25.6 Å². The first-order valence-electron chi connectivity index (χ1n) is 14.4. The average Bonchev–Trinajstić information content (AvgIpc) is 3.49. The van der Waals surface area contributed by atoms with Crippen LogP contribution >= 0.6 is 0 Å². The number of nitrogens with one attached hydrogen (secondary N) is 2. The van der Waals surface area contributed by atoms with Crippen LogP contribution in [0, 0.1) is 5.82 Å². The number of carbonyl (C=O) groups is 1. The number of ether oxygens (including phenoxy) is 1. The van der Waals surface area contributed by atoms with Crippen molar-refractivity contribution in [2.75, 3.05) is 46.3 Å². The van der Waals surface area contributed by atoms with Crippen LogP contribution in [-0.4, -0.2) is 64.5 Å². The van der Waals surface area contributed by atoms with Gasteiger partial charge in [-0.05, 0) is 56.2 Å². The lowest BCUT2D eigenvalue weighted by Crippen LogP contribution is -2.55. The summed E-state index contributed by atoms with van der Waals surface area (Å²) in [5, 5.41) is 10.4. The SMILES string of the molecule is C[C@@H]1C(=O)N(c2ccc(N3CCOCC3)cc2)c2cnc(Nc3cc(F)c4[nH]ncc4c3)nc2N1C1CCCCC1. The number of anilines is 6. The summed E-state index contributed by atoms with van der Waals surface area (Å²) in [7, 11) is 0. The van der Waals surface area contributed by atoms with E-state index in [4.69, 9.17) is 9.72 Å². The summed E-state index contributed by atoms with van der Waals surface area (Å²) < 4.78 is 20.1. The van der Waals surface area contributed by atoms with E-state index in [9.17, 15) is 9.18 Å². The molecule has 0 unspecified atom stereocenters. The molecule has 2 aliphatic heterocycles. The molecule has 1 aliphatic carbocycles.